The number of hydrogen-bond acceptors (Lipinski definition) is 4. The molecule has 9 heteroatoms. The standard InChI is InChI=1S/C4H12N3O4S2/c1-4-7(12(8,9)5-2)13(10,11)6-3/h5-6H,1,4H2,2-3H3. The Morgan fingerprint density at radius 3 is 1.54 bits per heavy atom. The first-order chi connectivity index (χ1) is 5.81. The number of nitrogens with one attached hydrogen (secondary N) is 2. The maximum atomic E-state index is 11.1. The van der Waals surface area contributed by atoms with Gasteiger partial charge in [0.15, 0.2) is 0 Å². The first-order valence-corrected chi connectivity index (χ1v) is 6.14. The van der Waals surface area contributed by atoms with Gasteiger partial charge in [-0.2, -0.15) is 16.8 Å². The summed E-state index contributed by atoms with van der Waals surface area (Å²) in [6, 6.07) is 0. The Morgan fingerprint density at radius 1 is 1.08 bits per heavy atom. The van der Waals surface area contributed by atoms with E-state index in [1.165, 1.54) is 0 Å². The van der Waals surface area contributed by atoms with Crippen LogP contribution in [-0.2, 0) is 20.4 Å². The lowest BCUT2D eigenvalue weighted by Gasteiger charge is -2.18. The van der Waals surface area contributed by atoms with Gasteiger partial charge in [0.25, 0.3) is 20.4 Å². The molecule has 1 radical (unpaired) electrons. The Labute approximate surface area is 78.5 Å². The highest BCUT2D eigenvalue weighted by Gasteiger charge is 2.29. The van der Waals surface area contributed by atoms with E-state index in [4.69, 9.17) is 0 Å². The largest absolute Gasteiger partial charge is 0.293 e. The lowest BCUT2D eigenvalue weighted by molar-refractivity contribution is 0.502. The van der Waals surface area contributed by atoms with Gasteiger partial charge in [0.1, 0.15) is 0 Å². The summed E-state index contributed by atoms with van der Waals surface area (Å²) in [6.45, 7) is 2.79. The fraction of sp³-hybridized carbons (Fsp3) is 0.750. The summed E-state index contributed by atoms with van der Waals surface area (Å²) in [5, 5.41) is 0. The van der Waals surface area contributed by atoms with Crippen molar-refractivity contribution >= 4 is 20.4 Å². The average molecular weight is 230 g/mol. The summed E-state index contributed by atoms with van der Waals surface area (Å²) in [5.41, 5.74) is 0. The predicted octanol–water partition coefficient (Wildman–Crippen LogP) is -1.95. The van der Waals surface area contributed by atoms with Crippen LogP contribution < -0.4 is 9.44 Å². The molecule has 0 aromatic heterocycles. The number of nitrogens with zero attached hydrogens (tertiary/aromatic N) is 1. The zero-order valence-corrected chi connectivity index (χ0v) is 8.94. The van der Waals surface area contributed by atoms with Crippen molar-refractivity contribution in [3.05, 3.63) is 6.92 Å². The van der Waals surface area contributed by atoms with Gasteiger partial charge in [-0.15, -0.1) is 0 Å². The summed E-state index contributed by atoms with van der Waals surface area (Å²) in [5.74, 6) is 0. The van der Waals surface area contributed by atoms with Crippen LogP contribution in [0.25, 0.3) is 0 Å². The highest BCUT2D eigenvalue weighted by molar-refractivity contribution is 8.02. The van der Waals surface area contributed by atoms with E-state index in [2.05, 4.69) is 6.92 Å². The molecule has 7 nitrogen and oxygen atoms in total. The van der Waals surface area contributed by atoms with E-state index in [9.17, 15) is 16.8 Å². The number of hydrogen-bond donors (Lipinski definition) is 2. The van der Waals surface area contributed by atoms with Crippen molar-refractivity contribution in [3.63, 3.8) is 0 Å². The van der Waals surface area contributed by atoms with E-state index in [0.717, 1.165) is 14.1 Å². The quantitative estimate of drug-likeness (QED) is 0.574. The molecule has 0 atom stereocenters. The third-order valence-corrected chi connectivity index (χ3v) is 4.88. The van der Waals surface area contributed by atoms with Crippen LogP contribution in [0.15, 0.2) is 0 Å². The molecule has 0 fully saturated rings. The molecule has 0 aromatic carbocycles. The maximum Gasteiger partial charge on any atom is 0.293 e. The topological polar surface area (TPSA) is 95.6 Å². The SMILES string of the molecule is [CH2]CN(S(=O)(=O)NC)S(=O)(=O)NC. The molecule has 0 unspecified atom stereocenters. The van der Waals surface area contributed by atoms with Crippen molar-refractivity contribution in [3.8, 4) is 0 Å². The van der Waals surface area contributed by atoms with Gasteiger partial charge in [0, 0.05) is 20.6 Å². The fourth-order valence-corrected chi connectivity index (χ4v) is 2.94. The van der Waals surface area contributed by atoms with Crippen molar-refractivity contribution in [2.24, 2.45) is 0 Å². The summed E-state index contributed by atoms with van der Waals surface area (Å²) >= 11 is 0. The molecule has 0 saturated carbocycles. The number of rotatable bonds is 5. The van der Waals surface area contributed by atoms with E-state index >= 15 is 0 Å². The predicted molar refractivity (Wildman–Crippen MR) is 48.0 cm³/mol. The summed E-state index contributed by atoms with van der Waals surface area (Å²) < 4.78 is 48.3. The molecule has 0 heterocycles. The van der Waals surface area contributed by atoms with E-state index in [-0.39, 0.29) is 3.71 Å². The molecule has 0 bridgehead atoms. The Bertz CT molecular complexity index is 312. The molecule has 0 amide bonds. The smallest absolute Gasteiger partial charge is 0.204 e. The van der Waals surface area contributed by atoms with Gasteiger partial charge in [-0.25, -0.2) is 9.44 Å². The Kier molecular flexibility index (Phi) is 4.26. The minimum atomic E-state index is -4.01. The van der Waals surface area contributed by atoms with Crippen LogP contribution in [0.5, 0.6) is 0 Å². The average Bonchev–Trinajstić information content (AvgIpc) is 2.05. The molecule has 0 saturated heterocycles. The van der Waals surface area contributed by atoms with Crippen LogP contribution in [0.2, 0.25) is 0 Å². The minimum Gasteiger partial charge on any atom is -0.204 e. The molecular weight excluding hydrogens is 218 g/mol. The monoisotopic (exact) mass is 230 g/mol. The maximum absolute atomic E-state index is 11.1. The fourth-order valence-electron chi connectivity index (χ4n) is 0.573. The second-order valence-corrected chi connectivity index (χ2v) is 5.74. The van der Waals surface area contributed by atoms with Crippen LogP contribution >= 0.6 is 0 Å². The molecule has 0 aliphatic heterocycles. The third-order valence-electron chi connectivity index (χ3n) is 1.23. The zero-order valence-electron chi connectivity index (χ0n) is 7.31. The Balaban J connectivity index is 5.18. The third kappa shape index (κ3) is 2.88. The lowest BCUT2D eigenvalue weighted by atomic mass is 10.8. The minimum absolute atomic E-state index is 0.222. The molecule has 0 rings (SSSR count). The summed E-state index contributed by atoms with van der Waals surface area (Å²) in [6.07, 6.45) is 0. The van der Waals surface area contributed by atoms with Crippen LogP contribution in [0.1, 0.15) is 0 Å². The van der Waals surface area contributed by atoms with E-state index in [0.29, 0.717) is 0 Å². The normalized spacial score (nSPS) is 13.5. The van der Waals surface area contributed by atoms with Crippen LogP contribution in [0, 0.1) is 6.92 Å². The van der Waals surface area contributed by atoms with Crippen LogP contribution in [0.4, 0.5) is 0 Å². The molecule has 0 aliphatic rings. The van der Waals surface area contributed by atoms with Crippen molar-refractivity contribution in [2.75, 3.05) is 20.6 Å². The molecule has 0 aromatic rings. The van der Waals surface area contributed by atoms with E-state index < -0.39 is 27.0 Å². The highest BCUT2D eigenvalue weighted by atomic mass is 32.3. The lowest BCUT2D eigenvalue weighted by Crippen LogP contribution is -2.47. The summed E-state index contributed by atoms with van der Waals surface area (Å²) in [7, 11) is -5.79. The highest BCUT2D eigenvalue weighted by Crippen LogP contribution is 2.02. The van der Waals surface area contributed by atoms with Gasteiger partial charge in [0.2, 0.25) is 0 Å². The van der Waals surface area contributed by atoms with Gasteiger partial charge in [-0.3, -0.25) is 0 Å². The van der Waals surface area contributed by atoms with Crippen molar-refractivity contribution < 1.29 is 16.8 Å². The van der Waals surface area contributed by atoms with E-state index in [1.54, 1.807) is 0 Å². The first-order valence-electron chi connectivity index (χ1n) is 3.26. The Morgan fingerprint density at radius 2 is 1.38 bits per heavy atom. The molecule has 0 spiro atoms. The second-order valence-electron chi connectivity index (χ2n) is 1.91. The van der Waals surface area contributed by atoms with E-state index in [1.807, 2.05) is 9.44 Å². The second kappa shape index (κ2) is 4.33. The van der Waals surface area contributed by atoms with Crippen molar-refractivity contribution in [2.45, 2.75) is 0 Å². The molecular formula is C4H12N3O4S2. The van der Waals surface area contributed by atoms with Gasteiger partial charge in [-0.1, -0.05) is 3.71 Å². The zero-order chi connectivity index (χ0) is 10.7. The van der Waals surface area contributed by atoms with Gasteiger partial charge in [0.05, 0.1) is 0 Å². The van der Waals surface area contributed by atoms with Crippen molar-refractivity contribution in [1.29, 1.82) is 0 Å². The van der Waals surface area contributed by atoms with Crippen LogP contribution in [0.3, 0.4) is 0 Å². The van der Waals surface area contributed by atoms with Gasteiger partial charge >= 0.3 is 0 Å². The van der Waals surface area contributed by atoms with Crippen molar-refractivity contribution in [1.82, 2.24) is 13.2 Å². The molecule has 0 aliphatic carbocycles. The molecule has 2 N–H and O–H groups in total. The molecule has 79 valence electrons. The van der Waals surface area contributed by atoms with Crippen LogP contribution in [-0.4, -0.2) is 41.2 Å². The first kappa shape index (κ1) is 12.8. The summed E-state index contributed by atoms with van der Waals surface area (Å²) in [4.78, 5) is 0. The molecule has 13 heavy (non-hydrogen) atoms. The van der Waals surface area contributed by atoms with Gasteiger partial charge < -0.3 is 0 Å². The van der Waals surface area contributed by atoms with Gasteiger partial charge in [-0.05, 0) is 6.92 Å². The Hall–Kier alpha value is -0.220.